The van der Waals surface area contributed by atoms with E-state index < -0.39 is 9.84 Å². The number of fused-ring (bicyclic) bond motifs is 1. The molecule has 9 heteroatoms. The first kappa shape index (κ1) is 24.5. The highest BCUT2D eigenvalue weighted by molar-refractivity contribution is 7.99. The lowest BCUT2D eigenvalue weighted by Gasteiger charge is -2.30. The fraction of sp³-hybridized carbons (Fsp3) is 0.400. The Morgan fingerprint density at radius 3 is 2.53 bits per heavy atom. The largest absolute Gasteiger partial charge is 0.338 e. The molecular formula is C25H29N3O4S2. The van der Waals surface area contributed by atoms with Crippen molar-refractivity contribution in [2.75, 3.05) is 23.8 Å². The summed E-state index contributed by atoms with van der Waals surface area (Å²) in [4.78, 5) is 33.1. The molecule has 1 aliphatic rings. The molecule has 2 heterocycles. The minimum Gasteiger partial charge on any atom is -0.338 e. The number of aryl methyl sites for hydroxylation is 1. The van der Waals surface area contributed by atoms with Gasteiger partial charge in [-0.1, -0.05) is 55.4 Å². The van der Waals surface area contributed by atoms with E-state index in [0.717, 1.165) is 5.56 Å². The number of benzene rings is 2. The van der Waals surface area contributed by atoms with Gasteiger partial charge in [0.25, 0.3) is 5.56 Å². The minimum absolute atomic E-state index is 0.0123. The number of nitrogens with zero attached hydrogens (tertiary/aromatic N) is 3. The second kappa shape index (κ2) is 9.92. The van der Waals surface area contributed by atoms with Crippen molar-refractivity contribution in [2.24, 2.45) is 5.92 Å². The van der Waals surface area contributed by atoms with Crippen molar-refractivity contribution in [3.05, 3.63) is 64.4 Å². The van der Waals surface area contributed by atoms with Crippen LogP contribution in [0.25, 0.3) is 16.6 Å². The lowest BCUT2D eigenvalue weighted by atomic mass is 10.1. The average molecular weight is 500 g/mol. The molecule has 34 heavy (non-hydrogen) atoms. The van der Waals surface area contributed by atoms with Crippen LogP contribution in [0.2, 0.25) is 0 Å². The molecule has 1 amide bonds. The molecule has 180 valence electrons. The summed E-state index contributed by atoms with van der Waals surface area (Å²) < 4.78 is 25.6. The van der Waals surface area contributed by atoms with Gasteiger partial charge in [-0.25, -0.2) is 13.4 Å². The molecule has 1 saturated heterocycles. The van der Waals surface area contributed by atoms with Crippen LogP contribution in [-0.4, -0.2) is 58.6 Å². The molecule has 0 radical (unpaired) electrons. The Kier molecular flexibility index (Phi) is 7.14. The number of carbonyl (C=O) groups excluding carboxylic acids is 1. The van der Waals surface area contributed by atoms with Crippen LogP contribution in [0.3, 0.4) is 0 Å². The molecule has 0 aliphatic carbocycles. The number of amides is 1. The molecule has 1 fully saturated rings. The molecule has 3 aromatic rings. The molecule has 1 atom stereocenters. The zero-order chi connectivity index (χ0) is 24.5. The number of rotatable bonds is 7. The van der Waals surface area contributed by atoms with E-state index in [0.29, 0.717) is 34.7 Å². The van der Waals surface area contributed by atoms with Gasteiger partial charge in [0.2, 0.25) is 5.91 Å². The van der Waals surface area contributed by atoms with E-state index in [1.807, 2.05) is 51.1 Å². The second-order valence-corrected chi connectivity index (χ2v) is 12.3. The number of thioether (sulfide) groups is 1. The van der Waals surface area contributed by atoms with Crippen LogP contribution in [0.1, 0.15) is 25.8 Å². The number of hydrogen-bond acceptors (Lipinski definition) is 6. The number of aromatic nitrogens is 2. The first-order valence-electron chi connectivity index (χ1n) is 11.4. The molecule has 0 bridgehead atoms. The first-order valence-corrected chi connectivity index (χ1v) is 14.2. The third-order valence-electron chi connectivity index (χ3n) is 5.89. The molecule has 0 spiro atoms. The Labute approximate surface area is 204 Å². The molecule has 1 aliphatic heterocycles. The van der Waals surface area contributed by atoms with Crippen molar-refractivity contribution in [3.63, 3.8) is 0 Å². The van der Waals surface area contributed by atoms with Gasteiger partial charge < -0.3 is 4.90 Å². The fourth-order valence-corrected chi connectivity index (χ4v) is 6.84. The second-order valence-electron chi connectivity index (χ2n) is 9.17. The molecule has 7 nitrogen and oxygen atoms in total. The molecule has 2 aromatic carbocycles. The molecule has 0 unspecified atom stereocenters. The van der Waals surface area contributed by atoms with Crippen LogP contribution in [-0.2, 0) is 14.6 Å². The number of para-hydroxylation sites is 1. The van der Waals surface area contributed by atoms with Crippen LogP contribution >= 0.6 is 11.8 Å². The minimum atomic E-state index is -3.11. The van der Waals surface area contributed by atoms with Crippen molar-refractivity contribution in [1.82, 2.24) is 14.5 Å². The van der Waals surface area contributed by atoms with Gasteiger partial charge >= 0.3 is 0 Å². The first-order chi connectivity index (χ1) is 16.1. The smallest absolute Gasteiger partial charge is 0.266 e. The standard InChI is InChI=1S/C25H29N3O4S2/c1-17(2)14-27(20-12-13-34(31,32)16-20)23(29)15-33-25-26-22-7-5-4-6-21(22)24(30)28(25)19-10-8-18(3)9-11-19/h4-11,17,20H,12-16H2,1-3H3/t20-/m0/s1. The lowest BCUT2D eigenvalue weighted by Crippen LogP contribution is -2.44. The maximum Gasteiger partial charge on any atom is 0.266 e. The SMILES string of the molecule is Cc1ccc(-n2c(SCC(=O)N(CC(C)C)[C@H]3CCS(=O)(=O)C3)nc3ccccc3c2=O)cc1. The molecular weight excluding hydrogens is 470 g/mol. The zero-order valence-corrected chi connectivity index (χ0v) is 21.2. The Morgan fingerprint density at radius 1 is 1.18 bits per heavy atom. The summed E-state index contributed by atoms with van der Waals surface area (Å²) in [5.74, 6) is 0.268. The summed E-state index contributed by atoms with van der Waals surface area (Å²) in [7, 11) is -3.11. The van der Waals surface area contributed by atoms with Crippen molar-refractivity contribution >= 4 is 38.4 Å². The van der Waals surface area contributed by atoms with Crippen molar-refractivity contribution < 1.29 is 13.2 Å². The summed E-state index contributed by atoms with van der Waals surface area (Å²) in [5, 5.41) is 0.945. The van der Waals surface area contributed by atoms with E-state index in [4.69, 9.17) is 4.98 Å². The molecule has 1 aromatic heterocycles. The normalized spacial score (nSPS) is 17.4. The van der Waals surface area contributed by atoms with Crippen molar-refractivity contribution in [3.8, 4) is 5.69 Å². The van der Waals surface area contributed by atoms with Gasteiger partial charge in [0.15, 0.2) is 15.0 Å². The maximum absolute atomic E-state index is 13.4. The highest BCUT2D eigenvalue weighted by Crippen LogP contribution is 2.24. The number of carbonyl (C=O) groups is 1. The van der Waals surface area contributed by atoms with E-state index in [2.05, 4.69) is 0 Å². The van der Waals surface area contributed by atoms with Crippen molar-refractivity contribution in [2.45, 2.75) is 38.4 Å². The number of hydrogen-bond donors (Lipinski definition) is 0. The summed E-state index contributed by atoms with van der Waals surface area (Å²) in [6, 6.07) is 14.5. The summed E-state index contributed by atoms with van der Waals surface area (Å²) >= 11 is 1.21. The number of sulfone groups is 1. The van der Waals surface area contributed by atoms with E-state index in [1.165, 1.54) is 11.8 Å². The van der Waals surface area contributed by atoms with Gasteiger partial charge in [0, 0.05) is 12.6 Å². The van der Waals surface area contributed by atoms with Crippen LogP contribution < -0.4 is 5.56 Å². The van der Waals surface area contributed by atoms with E-state index in [-0.39, 0.29) is 40.7 Å². The summed E-state index contributed by atoms with van der Waals surface area (Å²) in [6.45, 7) is 6.50. The maximum atomic E-state index is 13.4. The third-order valence-corrected chi connectivity index (χ3v) is 8.57. The average Bonchev–Trinajstić information content (AvgIpc) is 3.16. The van der Waals surface area contributed by atoms with E-state index in [1.54, 1.807) is 27.7 Å². The topological polar surface area (TPSA) is 89.3 Å². The van der Waals surface area contributed by atoms with Gasteiger partial charge in [-0.05, 0) is 43.5 Å². The molecule has 4 rings (SSSR count). The van der Waals surface area contributed by atoms with Gasteiger partial charge in [0.1, 0.15) is 0 Å². The fourth-order valence-electron chi connectivity index (χ4n) is 4.21. The third kappa shape index (κ3) is 5.36. The Morgan fingerprint density at radius 2 is 1.88 bits per heavy atom. The van der Waals surface area contributed by atoms with Crippen LogP contribution in [0.15, 0.2) is 58.5 Å². The zero-order valence-electron chi connectivity index (χ0n) is 19.6. The van der Waals surface area contributed by atoms with Crippen molar-refractivity contribution in [1.29, 1.82) is 0 Å². The summed E-state index contributed by atoms with van der Waals surface area (Å²) in [6.07, 6.45) is 0.466. The quantitative estimate of drug-likeness (QED) is 0.365. The molecule has 0 N–H and O–H groups in total. The van der Waals surface area contributed by atoms with Gasteiger partial charge in [0.05, 0.1) is 33.8 Å². The highest BCUT2D eigenvalue weighted by atomic mass is 32.2. The lowest BCUT2D eigenvalue weighted by molar-refractivity contribution is -0.130. The van der Waals surface area contributed by atoms with Gasteiger partial charge in [-0.15, -0.1) is 0 Å². The van der Waals surface area contributed by atoms with Gasteiger partial charge in [-0.3, -0.25) is 14.2 Å². The predicted molar refractivity (Wildman–Crippen MR) is 136 cm³/mol. The summed E-state index contributed by atoms with van der Waals surface area (Å²) in [5.41, 5.74) is 2.15. The monoisotopic (exact) mass is 499 g/mol. The Balaban J connectivity index is 1.66. The van der Waals surface area contributed by atoms with Gasteiger partial charge in [-0.2, -0.15) is 0 Å². The van der Waals surface area contributed by atoms with Crippen LogP contribution in [0, 0.1) is 12.8 Å². The van der Waals surface area contributed by atoms with E-state index in [9.17, 15) is 18.0 Å². The highest BCUT2D eigenvalue weighted by Gasteiger charge is 2.35. The van der Waals surface area contributed by atoms with E-state index >= 15 is 0 Å². The molecule has 0 saturated carbocycles. The Hall–Kier alpha value is -2.65. The Bertz CT molecular complexity index is 1370. The van der Waals surface area contributed by atoms with Crippen LogP contribution in [0.4, 0.5) is 0 Å². The predicted octanol–water partition coefficient (Wildman–Crippen LogP) is 3.46. The van der Waals surface area contributed by atoms with Crippen LogP contribution in [0.5, 0.6) is 0 Å².